The van der Waals surface area contributed by atoms with E-state index in [0.717, 1.165) is 53.1 Å². The van der Waals surface area contributed by atoms with Crippen LogP contribution in [0, 0.1) is 5.82 Å². The zero-order chi connectivity index (χ0) is 21.5. The number of rotatable bonds is 3. The van der Waals surface area contributed by atoms with Crippen LogP contribution in [0.4, 0.5) is 10.2 Å². The molecule has 31 heavy (non-hydrogen) atoms. The Bertz CT molecular complexity index is 1200. The number of aromatic nitrogens is 2. The summed E-state index contributed by atoms with van der Waals surface area (Å²) >= 11 is 8.44. The van der Waals surface area contributed by atoms with Gasteiger partial charge in [-0.2, -0.15) is 4.98 Å². The van der Waals surface area contributed by atoms with Crippen LogP contribution in [0.5, 0.6) is 0 Å². The van der Waals surface area contributed by atoms with Crippen LogP contribution in [0.1, 0.15) is 0 Å². The Morgan fingerprint density at radius 2 is 2.00 bits per heavy atom. The number of piperazine rings is 1. The number of methoxy groups -OCH3 is 1. The van der Waals surface area contributed by atoms with E-state index < -0.39 is 0 Å². The summed E-state index contributed by atoms with van der Waals surface area (Å²) < 4.78 is 20.9. The molecule has 0 saturated carbocycles. The van der Waals surface area contributed by atoms with Crippen LogP contribution in [0.15, 0.2) is 40.0 Å². The maximum Gasteiger partial charge on any atom is 0.350 e. The van der Waals surface area contributed by atoms with Gasteiger partial charge in [-0.15, -0.1) is 11.8 Å². The monoisotopic (exact) mass is 460 g/mol. The molecule has 9 heteroatoms. The van der Waals surface area contributed by atoms with E-state index in [1.807, 2.05) is 6.07 Å². The zero-order valence-corrected chi connectivity index (χ0v) is 18.6. The number of halogens is 2. The molecule has 1 aromatic heterocycles. The van der Waals surface area contributed by atoms with E-state index in [4.69, 9.17) is 16.3 Å². The summed E-state index contributed by atoms with van der Waals surface area (Å²) in [7, 11) is 1.65. The molecule has 3 aromatic rings. The van der Waals surface area contributed by atoms with Crippen molar-refractivity contribution >= 4 is 40.1 Å². The first kappa shape index (κ1) is 20.8. The molecule has 0 spiro atoms. The lowest BCUT2D eigenvalue weighted by Gasteiger charge is -2.30. The summed E-state index contributed by atoms with van der Waals surface area (Å²) in [5.74, 6) is 1.04. The van der Waals surface area contributed by atoms with Gasteiger partial charge in [0.25, 0.3) is 0 Å². The molecular formula is C22H22ClFN4O2S. The molecule has 1 saturated heterocycles. The van der Waals surface area contributed by atoms with Crippen LogP contribution in [-0.4, -0.2) is 54.7 Å². The van der Waals surface area contributed by atoms with Crippen LogP contribution >= 0.6 is 23.4 Å². The fourth-order valence-electron chi connectivity index (χ4n) is 4.25. The number of hydrogen-bond donors (Lipinski definition) is 1. The van der Waals surface area contributed by atoms with Crippen molar-refractivity contribution in [3.05, 3.63) is 51.7 Å². The van der Waals surface area contributed by atoms with Gasteiger partial charge in [0.05, 0.1) is 23.2 Å². The SMILES string of the molecule is CO[C@@H]1CSc2c(-c3ccc(F)cc3)c(Cl)cc3c(N4CCNCC4)nc(=O)n(c23)C1. The minimum absolute atomic E-state index is 0.134. The summed E-state index contributed by atoms with van der Waals surface area (Å²) in [6.45, 7) is 3.63. The topological polar surface area (TPSA) is 59.4 Å². The largest absolute Gasteiger partial charge is 0.379 e. The van der Waals surface area contributed by atoms with E-state index in [0.29, 0.717) is 23.1 Å². The molecule has 0 bridgehead atoms. The second-order valence-electron chi connectivity index (χ2n) is 7.70. The normalized spacial score (nSPS) is 18.9. The van der Waals surface area contributed by atoms with E-state index in [9.17, 15) is 9.18 Å². The first-order chi connectivity index (χ1) is 15.1. The zero-order valence-electron chi connectivity index (χ0n) is 17.0. The molecule has 1 N–H and O–H groups in total. The minimum Gasteiger partial charge on any atom is -0.379 e. The lowest BCUT2D eigenvalue weighted by Crippen LogP contribution is -2.45. The molecule has 2 aliphatic rings. The van der Waals surface area contributed by atoms with Crippen LogP contribution in [0.3, 0.4) is 0 Å². The first-order valence-corrected chi connectivity index (χ1v) is 11.6. The third-order valence-corrected chi connectivity index (χ3v) is 7.36. The molecule has 0 aliphatic carbocycles. The lowest BCUT2D eigenvalue weighted by molar-refractivity contribution is 0.107. The third-order valence-electron chi connectivity index (χ3n) is 5.83. The predicted octanol–water partition coefficient (Wildman–Crippen LogP) is 3.39. The Morgan fingerprint density at radius 3 is 2.71 bits per heavy atom. The van der Waals surface area contributed by atoms with Crippen molar-refractivity contribution in [1.29, 1.82) is 0 Å². The Kier molecular flexibility index (Phi) is 5.64. The van der Waals surface area contributed by atoms with Crippen LogP contribution < -0.4 is 15.9 Å². The minimum atomic E-state index is -0.305. The van der Waals surface area contributed by atoms with Crippen molar-refractivity contribution in [2.24, 2.45) is 0 Å². The summed E-state index contributed by atoms with van der Waals surface area (Å²) in [6.07, 6.45) is -0.134. The first-order valence-electron chi connectivity index (χ1n) is 10.2. The van der Waals surface area contributed by atoms with Crippen LogP contribution in [0.2, 0.25) is 5.02 Å². The van der Waals surface area contributed by atoms with E-state index >= 15 is 0 Å². The number of hydrogen-bond acceptors (Lipinski definition) is 6. The fraction of sp³-hybridized carbons (Fsp3) is 0.364. The highest BCUT2D eigenvalue weighted by Gasteiger charge is 2.28. The highest BCUT2D eigenvalue weighted by Crippen LogP contribution is 2.45. The van der Waals surface area contributed by atoms with Crippen molar-refractivity contribution in [1.82, 2.24) is 14.9 Å². The third kappa shape index (κ3) is 3.71. The van der Waals surface area contributed by atoms with Crippen molar-refractivity contribution in [3.63, 3.8) is 0 Å². The molecule has 0 radical (unpaired) electrons. The second-order valence-corrected chi connectivity index (χ2v) is 9.14. The molecule has 5 rings (SSSR count). The molecule has 1 fully saturated rings. The second kappa shape index (κ2) is 8.43. The average Bonchev–Trinajstić information content (AvgIpc) is 2.98. The van der Waals surface area contributed by atoms with Gasteiger partial charge in [-0.05, 0) is 23.8 Å². The van der Waals surface area contributed by atoms with Gasteiger partial charge in [-0.3, -0.25) is 4.57 Å². The van der Waals surface area contributed by atoms with Gasteiger partial charge < -0.3 is 15.0 Å². The Morgan fingerprint density at radius 1 is 1.26 bits per heavy atom. The number of anilines is 1. The van der Waals surface area contributed by atoms with Crippen molar-refractivity contribution in [3.8, 4) is 11.1 Å². The standard InChI is InChI=1S/C22H22ClFN4O2S/c1-30-15-11-28-19-16(21(26-22(28)29)27-8-6-25-7-9-27)10-17(23)18(20(19)31-12-15)13-2-4-14(24)5-3-13/h2-5,10,15,25H,6-9,11-12H2,1H3/t15-/m0/s1. The van der Waals surface area contributed by atoms with Crippen LogP contribution in [-0.2, 0) is 11.3 Å². The van der Waals surface area contributed by atoms with Gasteiger partial charge in [0, 0.05) is 54.9 Å². The molecule has 0 unspecified atom stereocenters. The van der Waals surface area contributed by atoms with Gasteiger partial charge in [0.1, 0.15) is 11.6 Å². The molecular weight excluding hydrogens is 439 g/mol. The number of ether oxygens (including phenoxy) is 1. The molecule has 162 valence electrons. The summed E-state index contributed by atoms with van der Waals surface area (Å²) in [5, 5.41) is 4.75. The summed E-state index contributed by atoms with van der Waals surface area (Å²) in [4.78, 5) is 20.7. The van der Waals surface area contributed by atoms with Gasteiger partial charge in [-0.1, -0.05) is 23.7 Å². The average molecular weight is 461 g/mol. The van der Waals surface area contributed by atoms with Gasteiger partial charge in [-0.25, -0.2) is 9.18 Å². The molecule has 2 aliphatic heterocycles. The molecule has 1 atom stereocenters. The summed E-state index contributed by atoms with van der Waals surface area (Å²) in [5.41, 5.74) is 2.15. The molecule has 3 heterocycles. The number of nitrogens with zero attached hydrogens (tertiary/aromatic N) is 3. The highest BCUT2D eigenvalue weighted by molar-refractivity contribution is 7.99. The van der Waals surface area contributed by atoms with E-state index in [2.05, 4.69) is 15.2 Å². The van der Waals surface area contributed by atoms with Crippen LogP contribution in [0.25, 0.3) is 22.0 Å². The van der Waals surface area contributed by atoms with E-state index in [1.165, 1.54) is 12.1 Å². The molecule has 0 amide bonds. The molecule has 6 nitrogen and oxygen atoms in total. The predicted molar refractivity (Wildman–Crippen MR) is 123 cm³/mol. The van der Waals surface area contributed by atoms with E-state index in [-0.39, 0.29) is 17.6 Å². The van der Waals surface area contributed by atoms with Crippen molar-refractivity contribution < 1.29 is 9.13 Å². The fourth-order valence-corrected chi connectivity index (χ4v) is 5.94. The van der Waals surface area contributed by atoms with Crippen molar-refractivity contribution in [2.75, 3.05) is 43.9 Å². The Balaban J connectivity index is 1.82. The Labute approximate surface area is 188 Å². The lowest BCUT2D eigenvalue weighted by atomic mass is 10.0. The van der Waals surface area contributed by atoms with Gasteiger partial charge >= 0.3 is 5.69 Å². The highest BCUT2D eigenvalue weighted by atomic mass is 35.5. The van der Waals surface area contributed by atoms with Gasteiger partial charge in [0.15, 0.2) is 0 Å². The smallest absolute Gasteiger partial charge is 0.350 e. The maximum atomic E-state index is 13.6. The maximum absolute atomic E-state index is 13.6. The summed E-state index contributed by atoms with van der Waals surface area (Å²) in [6, 6.07) is 8.19. The van der Waals surface area contributed by atoms with Gasteiger partial charge in [0.2, 0.25) is 0 Å². The number of thioether (sulfide) groups is 1. The molecule has 2 aromatic carbocycles. The number of nitrogens with one attached hydrogen (secondary N) is 1. The number of benzene rings is 2. The van der Waals surface area contributed by atoms with E-state index in [1.54, 1.807) is 35.6 Å². The van der Waals surface area contributed by atoms with Crippen molar-refractivity contribution in [2.45, 2.75) is 17.5 Å². The quantitative estimate of drug-likeness (QED) is 0.646. The Hall–Kier alpha value is -2.13.